The molecular weight excluding hydrogens is 232 g/mol. The topological polar surface area (TPSA) is 95.0 Å². The number of oxime groups is 1. The zero-order valence-corrected chi connectivity index (χ0v) is 10.3. The van der Waals surface area contributed by atoms with Crippen molar-refractivity contribution in [1.29, 1.82) is 0 Å². The first-order valence-electron chi connectivity index (χ1n) is 5.98. The molecule has 0 amide bonds. The van der Waals surface area contributed by atoms with Gasteiger partial charge in [-0.25, -0.2) is 0 Å². The largest absolute Gasteiger partial charge is 0.409 e. The van der Waals surface area contributed by atoms with E-state index in [-0.39, 0.29) is 17.9 Å². The van der Waals surface area contributed by atoms with Gasteiger partial charge in [-0.2, -0.15) is 0 Å². The number of nitrogens with zero attached hydrogens (tertiary/aromatic N) is 3. The molecule has 18 heavy (non-hydrogen) atoms. The van der Waals surface area contributed by atoms with Gasteiger partial charge in [0.2, 0.25) is 0 Å². The van der Waals surface area contributed by atoms with Crippen LogP contribution in [-0.2, 0) is 0 Å². The standard InChI is InChI=1S/C12H18N4O2/c1-8-7-16(5-4-11(8)17)9-2-3-10(14-6-9)12(13)15-18/h2-3,6,8,11,17-18H,4-5,7H2,1H3,(H2,13,15). The van der Waals surface area contributed by atoms with Crippen molar-refractivity contribution in [2.24, 2.45) is 16.8 Å². The summed E-state index contributed by atoms with van der Waals surface area (Å²) < 4.78 is 0. The minimum absolute atomic E-state index is 0.00369. The summed E-state index contributed by atoms with van der Waals surface area (Å²) in [5, 5.41) is 21.2. The molecule has 0 aromatic carbocycles. The molecule has 1 aromatic heterocycles. The SMILES string of the molecule is CC1CN(c2ccc(/C(N)=N/O)nc2)CCC1O. The predicted molar refractivity (Wildman–Crippen MR) is 68.7 cm³/mol. The summed E-state index contributed by atoms with van der Waals surface area (Å²) in [7, 11) is 0. The van der Waals surface area contributed by atoms with E-state index in [2.05, 4.69) is 15.0 Å². The van der Waals surface area contributed by atoms with E-state index in [0.29, 0.717) is 5.69 Å². The van der Waals surface area contributed by atoms with E-state index < -0.39 is 0 Å². The van der Waals surface area contributed by atoms with Gasteiger partial charge >= 0.3 is 0 Å². The molecule has 98 valence electrons. The second-order valence-corrected chi connectivity index (χ2v) is 4.67. The number of aromatic nitrogens is 1. The summed E-state index contributed by atoms with van der Waals surface area (Å²) in [6.45, 7) is 3.66. The van der Waals surface area contributed by atoms with E-state index in [1.807, 2.05) is 13.0 Å². The quantitative estimate of drug-likeness (QED) is 0.305. The number of pyridine rings is 1. The van der Waals surface area contributed by atoms with Crippen molar-refractivity contribution < 1.29 is 10.3 Å². The highest BCUT2D eigenvalue weighted by molar-refractivity contribution is 5.95. The summed E-state index contributed by atoms with van der Waals surface area (Å²) in [6, 6.07) is 3.62. The van der Waals surface area contributed by atoms with Crippen molar-refractivity contribution in [2.75, 3.05) is 18.0 Å². The lowest BCUT2D eigenvalue weighted by Gasteiger charge is -2.35. The second-order valence-electron chi connectivity index (χ2n) is 4.67. The van der Waals surface area contributed by atoms with Gasteiger partial charge in [0.25, 0.3) is 0 Å². The van der Waals surface area contributed by atoms with Gasteiger partial charge in [0, 0.05) is 13.1 Å². The summed E-state index contributed by atoms with van der Waals surface area (Å²) in [6.07, 6.45) is 2.26. The molecule has 2 rings (SSSR count). The number of hydrogen-bond acceptors (Lipinski definition) is 5. The van der Waals surface area contributed by atoms with E-state index in [4.69, 9.17) is 10.9 Å². The summed E-state index contributed by atoms with van der Waals surface area (Å²) >= 11 is 0. The van der Waals surface area contributed by atoms with Gasteiger partial charge in [0.15, 0.2) is 5.84 Å². The molecular formula is C12H18N4O2. The van der Waals surface area contributed by atoms with Crippen LogP contribution in [-0.4, -0.2) is 40.3 Å². The van der Waals surface area contributed by atoms with E-state index in [1.165, 1.54) is 0 Å². The van der Waals surface area contributed by atoms with Crippen LogP contribution in [0.25, 0.3) is 0 Å². The lowest BCUT2D eigenvalue weighted by molar-refractivity contribution is 0.0971. The van der Waals surface area contributed by atoms with Crippen LogP contribution in [0.1, 0.15) is 19.0 Å². The molecule has 1 fully saturated rings. The molecule has 6 nitrogen and oxygen atoms in total. The average molecular weight is 250 g/mol. The van der Waals surface area contributed by atoms with E-state index in [0.717, 1.165) is 25.2 Å². The van der Waals surface area contributed by atoms with Crippen molar-refractivity contribution in [1.82, 2.24) is 4.98 Å². The molecule has 4 N–H and O–H groups in total. The highest BCUT2D eigenvalue weighted by Gasteiger charge is 2.24. The fourth-order valence-electron chi connectivity index (χ4n) is 2.14. The molecule has 0 bridgehead atoms. The highest BCUT2D eigenvalue weighted by atomic mass is 16.4. The number of amidine groups is 1. The molecule has 6 heteroatoms. The van der Waals surface area contributed by atoms with Gasteiger partial charge in [-0.1, -0.05) is 12.1 Å². The Kier molecular flexibility index (Phi) is 3.66. The predicted octanol–water partition coefficient (Wildman–Crippen LogP) is 0.383. The van der Waals surface area contributed by atoms with Gasteiger partial charge in [-0.15, -0.1) is 0 Å². The molecule has 1 aliphatic heterocycles. The lowest BCUT2D eigenvalue weighted by atomic mass is 9.96. The van der Waals surface area contributed by atoms with Gasteiger partial charge in [-0.05, 0) is 24.5 Å². The Balaban J connectivity index is 2.10. The first kappa shape index (κ1) is 12.6. The fourth-order valence-corrected chi connectivity index (χ4v) is 2.14. The normalized spacial score (nSPS) is 25.2. The lowest BCUT2D eigenvalue weighted by Crippen LogP contribution is -2.42. The average Bonchev–Trinajstić information content (AvgIpc) is 2.41. The van der Waals surface area contributed by atoms with Gasteiger partial charge in [0.1, 0.15) is 5.69 Å². The minimum atomic E-state index is -0.217. The zero-order valence-electron chi connectivity index (χ0n) is 10.3. The third-order valence-electron chi connectivity index (χ3n) is 3.34. The van der Waals surface area contributed by atoms with Crippen LogP contribution in [0, 0.1) is 5.92 Å². The summed E-state index contributed by atoms with van der Waals surface area (Å²) in [5.41, 5.74) is 6.89. The Bertz CT molecular complexity index is 432. The molecule has 2 heterocycles. The maximum absolute atomic E-state index is 9.69. The number of hydrogen-bond donors (Lipinski definition) is 3. The van der Waals surface area contributed by atoms with Crippen LogP contribution in [0.4, 0.5) is 5.69 Å². The monoisotopic (exact) mass is 250 g/mol. The number of rotatable bonds is 2. The Morgan fingerprint density at radius 2 is 2.33 bits per heavy atom. The Labute approximate surface area is 106 Å². The Morgan fingerprint density at radius 1 is 1.56 bits per heavy atom. The highest BCUT2D eigenvalue weighted by Crippen LogP contribution is 2.22. The van der Waals surface area contributed by atoms with Crippen LogP contribution in [0.3, 0.4) is 0 Å². The van der Waals surface area contributed by atoms with Crippen molar-refractivity contribution in [3.8, 4) is 0 Å². The third-order valence-corrected chi connectivity index (χ3v) is 3.34. The fraction of sp³-hybridized carbons (Fsp3) is 0.500. The Morgan fingerprint density at radius 3 is 2.89 bits per heavy atom. The Hall–Kier alpha value is -1.82. The second kappa shape index (κ2) is 5.22. The maximum atomic E-state index is 9.69. The van der Waals surface area contributed by atoms with E-state index >= 15 is 0 Å². The molecule has 1 saturated heterocycles. The number of aliphatic hydroxyl groups is 1. The van der Waals surface area contributed by atoms with Crippen molar-refractivity contribution in [2.45, 2.75) is 19.4 Å². The van der Waals surface area contributed by atoms with Crippen LogP contribution in [0.2, 0.25) is 0 Å². The van der Waals surface area contributed by atoms with E-state index in [1.54, 1.807) is 12.3 Å². The number of nitrogens with two attached hydrogens (primary N) is 1. The molecule has 0 spiro atoms. The zero-order chi connectivity index (χ0) is 13.1. The van der Waals surface area contributed by atoms with E-state index in [9.17, 15) is 5.11 Å². The molecule has 2 atom stereocenters. The van der Waals surface area contributed by atoms with Gasteiger partial charge < -0.3 is 20.9 Å². The van der Waals surface area contributed by atoms with Crippen molar-refractivity contribution in [3.05, 3.63) is 24.0 Å². The van der Waals surface area contributed by atoms with Crippen molar-refractivity contribution >= 4 is 11.5 Å². The first-order valence-corrected chi connectivity index (χ1v) is 5.98. The molecule has 0 aliphatic carbocycles. The number of piperidine rings is 1. The minimum Gasteiger partial charge on any atom is -0.409 e. The molecule has 0 radical (unpaired) electrons. The maximum Gasteiger partial charge on any atom is 0.188 e. The van der Waals surface area contributed by atoms with Gasteiger partial charge in [0.05, 0.1) is 18.0 Å². The van der Waals surface area contributed by atoms with Crippen molar-refractivity contribution in [3.63, 3.8) is 0 Å². The number of aliphatic hydroxyl groups excluding tert-OH is 1. The molecule has 1 aliphatic rings. The van der Waals surface area contributed by atoms with Gasteiger partial charge in [-0.3, -0.25) is 4.98 Å². The molecule has 0 saturated carbocycles. The van der Waals surface area contributed by atoms with Crippen LogP contribution >= 0.6 is 0 Å². The third kappa shape index (κ3) is 2.53. The number of anilines is 1. The first-order chi connectivity index (χ1) is 8.61. The van der Waals surface area contributed by atoms with Crippen LogP contribution in [0.5, 0.6) is 0 Å². The molecule has 1 aromatic rings. The summed E-state index contributed by atoms with van der Waals surface area (Å²) in [5.74, 6) is 0.256. The van der Waals surface area contributed by atoms with Crippen LogP contribution in [0.15, 0.2) is 23.5 Å². The molecule has 2 unspecified atom stereocenters. The smallest absolute Gasteiger partial charge is 0.188 e. The van der Waals surface area contributed by atoms with Crippen LogP contribution < -0.4 is 10.6 Å². The summed E-state index contributed by atoms with van der Waals surface area (Å²) in [4.78, 5) is 6.33.